The molecule has 0 fully saturated rings. The molecular formula is C27H30O4. The van der Waals surface area contributed by atoms with E-state index in [-0.39, 0.29) is 30.1 Å². The smallest absolute Gasteiger partial charge is 0.303 e. The maximum absolute atomic E-state index is 11.4. The summed E-state index contributed by atoms with van der Waals surface area (Å²) < 4.78 is 0. The van der Waals surface area contributed by atoms with E-state index in [2.05, 4.69) is 36.4 Å². The highest BCUT2D eigenvalue weighted by atomic mass is 16.4. The molecule has 0 saturated heterocycles. The topological polar surface area (TPSA) is 74.6 Å². The highest BCUT2D eigenvalue weighted by molar-refractivity contribution is 5.67. The van der Waals surface area contributed by atoms with Crippen molar-refractivity contribution in [3.05, 3.63) is 96.1 Å². The van der Waals surface area contributed by atoms with Gasteiger partial charge in [0, 0.05) is 18.3 Å². The Kier molecular flexibility index (Phi) is 7.82. The van der Waals surface area contributed by atoms with Crippen LogP contribution in [0.25, 0.3) is 0 Å². The second-order valence-corrected chi connectivity index (χ2v) is 8.36. The summed E-state index contributed by atoms with van der Waals surface area (Å²) in [6.45, 7) is 0. The van der Waals surface area contributed by atoms with Gasteiger partial charge in [0.1, 0.15) is 0 Å². The highest BCUT2D eigenvalue weighted by Crippen LogP contribution is 2.48. The predicted octanol–water partition coefficient (Wildman–Crippen LogP) is 5.55. The van der Waals surface area contributed by atoms with Crippen molar-refractivity contribution in [2.24, 2.45) is 17.3 Å². The minimum Gasteiger partial charge on any atom is -0.481 e. The second-order valence-electron chi connectivity index (χ2n) is 8.36. The van der Waals surface area contributed by atoms with Gasteiger partial charge in [-0.25, -0.2) is 0 Å². The Labute approximate surface area is 183 Å². The molecule has 2 N–H and O–H groups in total. The standard InChI is InChI=1S/C27H30O4/c28-25(29)15-13-23(19-21-9-3-1-4-10-21)27(17-7-8-18-27)24(14-16-26(30)31)20-22-11-5-2-6-12-22/h1-12,17-18,23-24H,13-16,19-20H2,(H,28,29)(H,30,31). The van der Waals surface area contributed by atoms with Gasteiger partial charge in [0.15, 0.2) is 0 Å². The molecule has 0 heterocycles. The van der Waals surface area contributed by atoms with E-state index in [1.807, 2.05) is 48.6 Å². The molecular weight excluding hydrogens is 388 g/mol. The molecule has 0 radical (unpaired) electrons. The number of benzene rings is 2. The van der Waals surface area contributed by atoms with Crippen LogP contribution < -0.4 is 0 Å². The third-order valence-electron chi connectivity index (χ3n) is 6.36. The number of carboxylic acid groups (broad SMARTS) is 2. The number of aliphatic carboxylic acids is 2. The lowest BCUT2D eigenvalue weighted by Gasteiger charge is -2.42. The average molecular weight is 419 g/mol. The van der Waals surface area contributed by atoms with Gasteiger partial charge in [0.2, 0.25) is 0 Å². The van der Waals surface area contributed by atoms with Crippen LogP contribution in [0.15, 0.2) is 85.0 Å². The predicted molar refractivity (Wildman–Crippen MR) is 122 cm³/mol. The van der Waals surface area contributed by atoms with Crippen LogP contribution in [0.4, 0.5) is 0 Å². The van der Waals surface area contributed by atoms with Gasteiger partial charge < -0.3 is 10.2 Å². The Morgan fingerprint density at radius 2 is 1.06 bits per heavy atom. The van der Waals surface area contributed by atoms with Crippen LogP contribution in [0.1, 0.15) is 36.8 Å². The minimum absolute atomic E-state index is 0.0588. The third kappa shape index (κ3) is 6.17. The van der Waals surface area contributed by atoms with Crippen molar-refractivity contribution in [2.75, 3.05) is 0 Å². The number of carbonyl (C=O) groups is 2. The van der Waals surface area contributed by atoms with Crippen LogP contribution in [0.3, 0.4) is 0 Å². The van der Waals surface area contributed by atoms with E-state index in [0.717, 1.165) is 12.8 Å². The number of hydrogen-bond acceptors (Lipinski definition) is 2. The van der Waals surface area contributed by atoms with Crippen molar-refractivity contribution in [3.63, 3.8) is 0 Å². The van der Waals surface area contributed by atoms with Crippen LogP contribution in [0.5, 0.6) is 0 Å². The number of allylic oxidation sites excluding steroid dienone is 4. The molecule has 2 aromatic carbocycles. The number of carboxylic acids is 2. The molecule has 0 amide bonds. The van der Waals surface area contributed by atoms with Crippen molar-refractivity contribution < 1.29 is 19.8 Å². The van der Waals surface area contributed by atoms with E-state index in [0.29, 0.717) is 12.8 Å². The van der Waals surface area contributed by atoms with Gasteiger partial charge in [-0.1, -0.05) is 85.0 Å². The average Bonchev–Trinajstić information content (AvgIpc) is 3.26. The van der Waals surface area contributed by atoms with Gasteiger partial charge in [-0.3, -0.25) is 9.59 Å². The highest BCUT2D eigenvalue weighted by Gasteiger charge is 2.42. The lowest BCUT2D eigenvalue weighted by molar-refractivity contribution is -0.138. The molecule has 1 aliphatic rings. The first-order valence-electron chi connectivity index (χ1n) is 10.9. The van der Waals surface area contributed by atoms with Gasteiger partial charge >= 0.3 is 11.9 Å². The van der Waals surface area contributed by atoms with Crippen molar-refractivity contribution >= 4 is 11.9 Å². The summed E-state index contributed by atoms with van der Waals surface area (Å²) in [5.74, 6) is -1.49. The lowest BCUT2D eigenvalue weighted by Crippen LogP contribution is -2.37. The Morgan fingerprint density at radius 3 is 1.42 bits per heavy atom. The zero-order valence-electron chi connectivity index (χ0n) is 17.7. The summed E-state index contributed by atoms with van der Waals surface area (Å²) in [6, 6.07) is 20.3. The fourth-order valence-corrected chi connectivity index (χ4v) is 4.83. The van der Waals surface area contributed by atoms with Crippen molar-refractivity contribution in [2.45, 2.75) is 38.5 Å². The lowest BCUT2D eigenvalue weighted by atomic mass is 9.61. The molecule has 3 rings (SSSR count). The van der Waals surface area contributed by atoms with Crippen LogP contribution in [-0.2, 0) is 22.4 Å². The normalized spacial score (nSPS) is 16.1. The quantitative estimate of drug-likeness (QED) is 0.474. The molecule has 0 saturated carbocycles. The van der Waals surface area contributed by atoms with Gasteiger partial charge in [-0.15, -0.1) is 0 Å². The van der Waals surface area contributed by atoms with Gasteiger partial charge in [0.25, 0.3) is 0 Å². The maximum atomic E-state index is 11.4. The number of hydrogen-bond donors (Lipinski definition) is 2. The molecule has 162 valence electrons. The van der Waals surface area contributed by atoms with Crippen molar-refractivity contribution in [1.29, 1.82) is 0 Å². The molecule has 4 nitrogen and oxygen atoms in total. The Morgan fingerprint density at radius 1 is 0.677 bits per heavy atom. The van der Waals surface area contributed by atoms with Gasteiger partial charge in [-0.05, 0) is 48.6 Å². The van der Waals surface area contributed by atoms with E-state index in [9.17, 15) is 19.8 Å². The van der Waals surface area contributed by atoms with Gasteiger partial charge in [0.05, 0.1) is 0 Å². The molecule has 0 aromatic heterocycles. The van der Waals surface area contributed by atoms with Crippen LogP contribution in [-0.4, -0.2) is 22.2 Å². The van der Waals surface area contributed by atoms with E-state index >= 15 is 0 Å². The molecule has 0 bridgehead atoms. The Bertz CT molecular complexity index is 837. The third-order valence-corrected chi connectivity index (χ3v) is 6.36. The first-order valence-corrected chi connectivity index (χ1v) is 10.9. The fraction of sp³-hybridized carbons (Fsp3) is 0.333. The van der Waals surface area contributed by atoms with Gasteiger partial charge in [-0.2, -0.15) is 0 Å². The SMILES string of the molecule is O=C(O)CCC(Cc1ccccc1)C1(C(CCC(=O)O)Cc2ccccc2)C=CC=C1. The molecule has 1 aliphatic carbocycles. The summed E-state index contributed by atoms with van der Waals surface area (Å²) in [7, 11) is 0. The second kappa shape index (κ2) is 10.8. The van der Waals surface area contributed by atoms with Crippen LogP contribution >= 0.6 is 0 Å². The number of rotatable bonds is 12. The molecule has 31 heavy (non-hydrogen) atoms. The largest absolute Gasteiger partial charge is 0.481 e. The summed E-state index contributed by atoms with van der Waals surface area (Å²) in [5, 5.41) is 18.8. The summed E-state index contributed by atoms with van der Waals surface area (Å²) in [5.41, 5.74) is 1.96. The first-order chi connectivity index (χ1) is 15.0. The van der Waals surface area contributed by atoms with Crippen molar-refractivity contribution in [3.8, 4) is 0 Å². The van der Waals surface area contributed by atoms with Crippen LogP contribution in [0, 0.1) is 17.3 Å². The first kappa shape index (κ1) is 22.5. The zero-order chi connectivity index (χ0) is 22.1. The summed E-state index contributed by atoms with van der Waals surface area (Å²) in [6.07, 6.45) is 11.2. The van der Waals surface area contributed by atoms with Crippen molar-refractivity contribution in [1.82, 2.24) is 0 Å². The molecule has 4 heteroatoms. The summed E-state index contributed by atoms with van der Waals surface area (Å²) in [4.78, 5) is 22.9. The van der Waals surface area contributed by atoms with E-state index in [4.69, 9.17) is 0 Å². The zero-order valence-corrected chi connectivity index (χ0v) is 17.7. The van der Waals surface area contributed by atoms with E-state index in [1.54, 1.807) is 0 Å². The molecule has 2 unspecified atom stereocenters. The van der Waals surface area contributed by atoms with E-state index in [1.165, 1.54) is 11.1 Å². The molecule has 0 spiro atoms. The minimum atomic E-state index is -0.802. The Balaban J connectivity index is 1.97. The summed E-state index contributed by atoms with van der Waals surface area (Å²) >= 11 is 0. The molecule has 2 aromatic rings. The molecule has 0 aliphatic heterocycles. The van der Waals surface area contributed by atoms with E-state index < -0.39 is 11.9 Å². The Hall–Kier alpha value is -3.14. The fourth-order valence-electron chi connectivity index (χ4n) is 4.83. The maximum Gasteiger partial charge on any atom is 0.303 e. The van der Waals surface area contributed by atoms with Crippen LogP contribution in [0.2, 0.25) is 0 Å². The molecule has 2 atom stereocenters. The monoisotopic (exact) mass is 418 g/mol.